The first-order valence-electron chi connectivity index (χ1n) is 7.59. The van der Waals surface area contributed by atoms with Crippen molar-refractivity contribution in [1.29, 1.82) is 0 Å². The van der Waals surface area contributed by atoms with Crippen molar-refractivity contribution in [3.05, 3.63) is 29.6 Å². The van der Waals surface area contributed by atoms with Crippen LogP contribution in [0.15, 0.2) is 18.5 Å². The van der Waals surface area contributed by atoms with Crippen molar-refractivity contribution in [3.63, 3.8) is 0 Å². The number of rotatable bonds is 5. The highest BCUT2D eigenvalue weighted by molar-refractivity contribution is 5.26. The second kappa shape index (κ2) is 5.59. The van der Waals surface area contributed by atoms with Gasteiger partial charge in [-0.3, -0.25) is 4.98 Å². The molecular formula is C16H24N2O. The average molecular weight is 260 g/mol. The third-order valence-corrected chi connectivity index (χ3v) is 4.61. The zero-order valence-corrected chi connectivity index (χ0v) is 11.9. The highest BCUT2D eigenvalue weighted by atomic mass is 16.5. The van der Waals surface area contributed by atoms with Crippen LogP contribution >= 0.6 is 0 Å². The summed E-state index contributed by atoms with van der Waals surface area (Å²) in [5, 5.41) is 3.73. The van der Waals surface area contributed by atoms with Gasteiger partial charge in [0.05, 0.1) is 12.2 Å². The van der Waals surface area contributed by atoms with Gasteiger partial charge in [0.15, 0.2) is 0 Å². The summed E-state index contributed by atoms with van der Waals surface area (Å²) >= 11 is 0. The first kappa shape index (κ1) is 13.1. The summed E-state index contributed by atoms with van der Waals surface area (Å²) in [7, 11) is 0. The van der Waals surface area contributed by atoms with Gasteiger partial charge in [-0.1, -0.05) is 6.92 Å². The molecule has 0 amide bonds. The molecule has 1 N–H and O–H groups in total. The van der Waals surface area contributed by atoms with Crippen molar-refractivity contribution in [3.8, 4) is 0 Å². The Balaban J connectivity index is 1.83. The van der Waals surface area contributed by atoms with Gasteiger partial charge in [-0.05, 0) is 56.3 Å². The molecule has 19 heavy (non-hydrogen) atoms. The predicted molar refractivity (Wildman–Crippen MR) is 76.0 cm³/mol. The summed E-state index contributed by atoms with van der Waals surface area (Å²) in [5.74, 6) is 0.619. The maximum Gasteiger partial charge on any atom is 0.0627 e. The molecule has 2 aliphatic heterocycles. The Labute approximate surface area is 115 Å². The summed E-state index contributed by atoms with van der Waals surface area (Å²) in [6.45, 7) is 5.47. The zero-order chi connectivity index (χ0) is 13.2. The van der Waals surface area contributed by atoms with Gasteiger partial charge in [0.1, 0.15) is 0 Å². The lowest BCUT2D eigenvalue weighted by atomic mass is 9.80. The fourth-order valence-electron chi connectivity index (χ4n) is 3.62. The number of ether oxygens (including phenoxy) is 1. The molecular weight excluding hydrogens is 236 g/mol. The van der Waals surface area contributed by atoms with Crippen LogP contribution in [0.4, 0.5) is 0 Å². The molecule has 2 aliphatic rings. The van der Waals surface area contributed by atoms with Gasteiger partial charge in [0, 0.05) is 24.4 Å². The molecule has 1 aromatic rings. The summed E-state index contributed by atoms with van der Waals surface area (Å²) in [6, 6.07) is 2.52. The minimum atomic E-state index is 0.406. The number of nitrogens with one attached hydrogen (secondary N) is 1. The monoisotopic (exact) mass is 260 g/mol. The van der Waals surface area contributed by atoms with Crippen LogP contribution in [0, 0.1) is 12.8 Å². The van der Waals surface area contributed by atoms with Crippen LogP contribution in [-0.2, 0) is 4.74 Å². The van der Waals surface area contributed by atoms with Crippen LogP contribution in [0.2, 0.25) is 0 Å². The van der Waals surface area contributed by atoms with Crippen molar-refractivity contribution < 1.29 is 4.74 Å². The molecule has 3 rings (SSSR count). The van der Waals surface area contributed by atoms with E-state index in [0.717, 1.165) is 13.0 Å². The number of aryl methyl sites for hydroxylation is 1. The second-order valence-electron chi connectivity index (χ2n) is 5.94. The largest absolute Gasteiger partial charge is 0.375 e. The summed E-state index contributed by atoms with van der Waals surface area (Å²) < 4.78 is 6.05. The quantitative estimate of drug-likeness (QED) is 0.883. The normalized spacial score (nSPS) is 30.7. The Morgan fingerprint density at radius 1 is 1.47 bits per heavy atom. The van der Waals surface area contributed by atoms with E-state index in [1.54, 1.807) is 0 Å². The van der Waals surface area contributed by atoms with E-state index in [9.17, 15) is 0 Å². The van der Waals surface area contributed by atoms with Gasteiger partial charge in [-0.25, -0.2) is 0 Å². The third-order valence-electron chi connectivity index (χ3n) is 4.61. The van der Waals surface area contributed by atoms with E-state index >= 15 is 0 Å². The van der Waals surface area contributed by atoms with Crippen LogP contribution < -0.4 is 5.32 Å². The Morgan fingerprint density at radius 2 is 2.37 bits per heavy atom. The maximum absolute atomic E-state index is 6.05. The average Bonchev–Trinajstić information content (AvgIpc) is 3.04. The number of pyridine rings is 1. The van der Waals surface area contributed by atoms with Crippen molar-refractivity contribution >= 4 is 0 Å². The Kier molecular flexibility index (Phi) is 3.85. The third kappa shape index (κ3) is 2.54. The number of hydrogen-bond donors (Lipinski definition) is 1. The zero-order valence-electron chi connectivity index (χ0n) is 11.9. The number of hydrogen-bond acceptors (Lipinski definition) is 3. The molecule has 3 heterocycles. The van der Waals surface area contributed by atoms with E-state index in [1.165, 1.54) is 30.4 Å². The van der Waals surface area contributed by atoms with Crippen LogP contribution in [0.1, 0.15) is 49.8 Å². The van der Waals surface area contributed by atoms with Crippen molar-refractivity contribution in [2.75, 3.05) is 6.54 Å². The van der Waals surface area contributed by atoms with Crippen molar-refractivity contribution in [2.24, 2.45) is 5.92 Å². The van der Waals surface area contributed by atoms with Crippen molar-refractivity contribution in [1.82, 2.24) is 10.3 Å². The lowest BCUT2D eigenvalue weighted by Gasteiger charge is -2.30. The standard InChI is InChI=1S/C16H24N2O/c1-3-7-18-16(14-10-17-8-6-11(14)2)13-9-12-4-5-15(13)19-12/h6,8,10,12-13,15-16,18H,3-5,7,9H2,1-2H3. The van der Waals surface area contributed by atoms with Gasteiger partial charge in [0.25, 0.3) is 0 Å². The van der Waals surface area contributed by atoms with E-state index in [1.807, 2.05) is 12.4 Å². The minimum absolute atomic E-state index is 0.406. The second-order valence-corrected chi connectivity index (χ2v) is 5.94. The van der Waals surface area contributed by atoms with Crippen LogP contribution in [-0.4, -0.2) is 23.7 Å². The fourth-order valence-corrected chi connectivity index (χ4v) is 3.62. The lowest BCUT2D eigenvalue weighted by molar-refractivity contribution is 0.0856. The molecule has 4 atom stereocenters. The Bertz CT molecular complexity index is 435. The highest BCUT2D eigenvalue weighted by Gasteiger charge is 2.44. The van der Waals surface area contributed by atoms with Gasteiger partial charge in [-0.15, -0.1) is 0 Å². The predicted octanol–water partition coefficient (Wildman–Crippen LogP) is 3.00. The van der Waals surface area contributed by atoms with Crippen molar-refractivity contribution in [2.45, 2.75) is 57.8 Å². The molecule has 2 fully saturated rings. The molecule has 4 unspecified atom stereocenters. The Hall–Kier alpha value is -0.930. The van der Waals surface area contributed by atoms with Gasteiger partial charge < -0.3 is 10.1 Å². The smallest absolute Gasteiger partial charge is 0.0627 e. The first-order chi connectivity index (χ1) is 9.29. The number of nitrogens with zero attached hydrogens (tertiary/aromatic N) is 1. The molecule has 3 heteroatoms. The number of aromatic nitrogens is 1. The summed E-state index contributed by atoms with van der Waals surface area (Å²) in [6.07, 6.45) is 9.75. The van der Waals surface area contributed by atoms with E-state index in [-0.39, 0.29) is 0 Å². The van der Waals surface area contributed by atoms with E-state index in [2.05, 4.69) is 30.2 Å². The SMILES string of the molecule is CCCNC(c1cnccc1C)C1CC2CCC1O2. The molecule has 104 valence electrons. The van der Waals surface area contributed by atoms with Crippen LogP contribution in [0.25, 0.3) is 0 Å². The lowest BCUT2D eigenvalue weighted by Crippen LogP contribution is -2.34. The molecule has 0 aromatic carbocycles. The molecule has 0 saturated carbocycles. The molecule has 3 nitrogen and oxygen atoms in total. The fraction of sp³-hybridized carbons (Fsp3) is 0.688. The van der Waals surface area contributed by atoms with E-state index in [4.69, 9.17) is 4.74 Å². The maximum atomic E-state index is 6.05. The van der Waals surface area contributed by atoms with Crippen LogP contribution in [0.5, 0.6) is 0 Å². The van der Waals surface area contributed by atoms with Gasteiger partial charge in [0.2, 0.25) is 0 Å². The van der Waals surface area contributed by atoms with E-state index in [0.29, 0.717) is 24.2 Å². The van der Waals surface area contributed by atoms with Crippen LogP contribution in [0.3, 0.4) is 0 Å². The molecule has 1 aromatic heterocycles. The molecule has 0 radical (unpaired) electrons. The minimum Gasteiger partial charge on any atom is -0.375 e. The van der Waals surface area contributed by atoms with Gasteiger partial charge >= 0.3 is 0 Å². The molecule has 0 spiro atoms. The van der Waals surface area contributed by atoms with Gasteiger partial charge in [-0.2, -0.15) is 0 Å². The summed E-state index contributed by atoms with van der Waals surface area (Å²) in [4.78, 5) is 4.33. The Morgan fingerprint density at radius 3 is 3.00 bits per heavy atom. The highest BCUT2D eigenvalue weighted by Crippen LogP contribution is 2.45. The molecule has 2 bridgehead atoms. The topological polar surface area (TPSA) is 34.2 Å². The number of fused-ring (bicyclic) bond motifs is 2. The van der Waals surface area contributed by atoms with E-state index < -0.39 is 0 Å². The summed E-state index contributed by atoms with van der Waals surface area (Å²) in [5.41, 5.74) is 2.70. The molecule has 0 aliphatic carbocycles. The first-order valence-corrected chi connectivity index (χ1v) is 7.59. The molecule has 2 saturated heterocycles.